The third-order valence-electron chi connectivity index (χ3n) is 3.29. The number of rotatable bonds is 3. The van der Waals surface area contributed by atoms with Gasteiger partial charge >= 0.3 is 5.97 Å². The molecule has 0 spiro atoms. The summed E-state index contributed by atoms with van der Waals surface area (Å²) in [6.45, 7) is 1.60. The Kier molecular flexibility index (Phi) is 3.71. The third-order valence-corrected chi connectivity index (χ3v) is 3.29. The molecule has 0 atom stereocenters. The summed E-state index contributed by atoms with van der Waals surface area (Å²) in [5.41, 5.74) is 7.26. The van der Waals surface area contributed by atoms with E-state index in [0.29, 0.717) is 26.1 Å². The summed E-state index contributed by atoms with van der Waals surface area (Å²) in [5.74, 6) is -0.961. The van der Waals surface area contributed by atoms with Crippen LogP contribution in [0.5, 0.6) is 0 Å². The average Bonchev–Trinajstić information content (AvgIpc) is 2.51. The van der Waals surface area contributed by atoms with Gasteiger partial charge in [-0.15, -0.1) is 0 Å². The minimum atomic E-state index is -0.978. The van der Waals surface area contributed by atoms with Gasteiger partial charge in [0.1, 0.15) is 0 Å². The number of carbonyl (C=O) groups excluding carboxylic acids is 1. The van der Waals surface area contributed by atoms with Crippen molar-refractivity contribution in [2.45, 2.75) is 6.42 Å². The van der Waals surface area contributed by atoms with Crippen LogP contribution in [0, 0.1) is 0 Å². The van der Waals surface area contributed by atoms with E-state index in [0.717, 1.165) is 11.4 Å². The molecule has 0 fully saturated rings. The third kappa shape index (κ3) is 2.53. The summed E-state index contributed by atoms with van der Waals surface area (Å²) in [7, 11) is 1.70. The minimum Gasteiger partial charge on any atom is -0.478 e. The number of nitrogens with two attached hydrogens (primary N) is 1. The molecule has 0 aliphatic carbocycles. The van der Waals surface area contributed by atoms with E-state index >= 15 is 0 Å². The molecule has 6 heteroatoms. The van der Waals surface area contributed by atoms with Crippen molar-refractivity contribution in [2.75, 3.05) is 36.5 Å². The lowest BCUT2D eigenvalue weighted by Crippen LogP contribution is -2.30. The van der Waals surface area contributed by atoms with E-state index < -0.39 is 5.97 Å². The Morgan fingerprint density at radius 1 is 1.42 bits per heavy atom. The van der Waals surface area contributed by atoms with Crippen LogP contribution in [0.3, 0.4) is 0 Å². The van der Waals surface area contributed by atoms with E-state index in [-0.39, 0.29) is 11.5 Å². The maximum atomic E-state index is 11.9. The molecule has 6 nitrogen and oxygen atoms in total. The fraction of sp³-hybridized carbons (Fsp3) is 0.385. The summed E-state index contributed by atoms with van der Waals surface area (Å²) in [6, 6.07) is 4.78. The van der Waals surface area contributed by atoms with Gasteiger partial charge < -0.3 is 20.6 Å². The average molecular weight is 263 g/mol. The van der Waals surface area contributed by atoms with Crippen LogP contribution in [-0.2, 0) is 4.79 Å². The first-order valence-corrected chi connectivity index (χ1v) is 6.13. The van der Waals surface area contributed by atoms with Crippen LogP contribution in [0.4, 0.5) is 11.4 Å². The van der Waals surface area contributed by atoms with Gasteiger partial charge in [0, 0.05) is 33.1 Å². The largest absolute Gasteiger partial charge is 0.478 e. The summed E-state index contributed by atoms with van der Waals surface area (Å²) < 4.78 is 0. The van der Waals surface area contributed by atoms with E-state index in [2.05, 4.69) is 0 Å². The van der Waals surface area contributed by atoms with Crippen LogP contribution in [0.2, 0.25) is 0 Å². The number of fused-ring (bicyclic) bond motifs is 1. The molecule has 19 heavy (non-hydrogen) atoms. The highest BCUT2D eigenvalue weighted by molar-refractivity contribution is 6.00. The van der Waals surface area contributed by atoms with E-state index in [4.69, 9.17) is 10.8 Å². The topological polar surface area (TPSA) is 86.9 Å². The molecule has 0 unspecified atom stereocenters. The Hall–Kier alpha value is -2.08. The number of carboxylic acid groups (broad SMARTS) is 1. The van der Waals surface area contributed by atoms with E-state index in [1.54, 1.807) is 24.1 Å². The van der Waals surface area contributed by atoms with Gasteiger partial charge in [0.2, 0.25) is 5.91 Å². The van der Waals surface area contributed by atoms with Crippen LogP contribution >= 0.6 is 0 Å². The second-order valence-corrected chi connectivity index (χ2v) is 4.49. The van der Waals surface area contributed by atoms with Crippen molar-refractivity contribution in [1.29, 1.82) is 0 Å². The van der Waals surface area contributed by atoms with Crippen LogP contribution < -0.4 is 15.5 Å². The van der Waals surface area contributed by atoms with Gasteiger partial charge in [-0.2, -0.15) is 0 Å². The van der Waals surface area contributed by atoms with Crippen molar-refractivity contribution < 1.29 is 14.7 Å². The first kappa shape index (κ1) is 13.4. The first-order chi connectivity index (χ1) is 9.04. The van der Waals surface area contributed by atoms with E-state index in [1.165, 1.54) is 6.07 Å². The Morgan fingerprint density at radius 3 is 2.79 bits per heavy atom. The molecule has 0 saturated carbocycles. The van der Waals surface area contributed by atoms with Crippen LogP contribution in [0.25, 0.3) is 0 Å². The number of aromatic carboxylic acids is 1. The van der Waals surface area contributed by atoms with Crippen molar-refractivity contribution in [3.63, 3.8) is 0 Å². The van der Waals surface area contributed by atoms with E-state index in [1.807, 2.05) is 4.90 Å². The minimum absolute atomic E-state index is 0.0175. The Morgan fingerprint density at radius 2 is 2.16 bits per heavy atom. The lowest BCUT2D eigenvalue weighted by Gasteiger charge is -2.25. The molecule has 1 aromatic rings. The molecule has 0 saturated heterocycles. The molecule has 1 amide bonds. The van der Waals surface area contributed by atoms with Crippen molar-refractivity contribution in [2.24, 2.45) is 5.73 Å². The number of carboxylic acids is 1. The highest BCUT2D eigenvalue weighted by Crippen LogP contribution is 2.32. The van der Waals surface area contributed by atoms with Gasteiger partial charge in [0.05, 0.1) is 16.9 Å². The predicted molar refractivity (Wildman–Crippen MR) is 72.7 cm³/mol. The molecule has 0 bridgehead atoms. The molecule has 1 aliphatic rings. The second-order valence-electron chi connectivity index (χ2n) is 4.49. The molecule has 2 rings (SSSR count). The Bertz CT molecular complexity index is 516. The van der Waals surface area contributed by atoms with Gasteiger partial charge in [-0.25, -0.2) is 4.79 Å². The van der Waals surface area contributed by atoms with Gasteiger partial charge in [-0.05, 0) is 18.2 Å². The van der Waals surface area contributed by atoms with Gasteiger partial charge in [0.25, 0.3) is 0 Å². The van der Waals surface area contributed by atoms with Crippen molar-refractivity contribution in [1.82, 2.24) is 0 Å². The molecule has 1 heterocycles. The van der Waals surface area contributed by atoms with Gasteiger partial charge in [-0.3, -0.25) is 4.79 Å². The molecular formula is C13H17N3O3. The number of hydrogen-bond donors (Lipinski definition) is 2. The monoisotopic (exact) mass is 263 g/mol. The highest BCUT2D eigenvalue weighted by Gasteiger charge is 2.24. The number of benzene rings is 1. The SMILES string of the molecule is CN1C(=O)CCN(CCN)c2cc(C(=O)O)ccc21. The lowest BCUT2D eigenvalue weighted by molar-refractivity contribution is -0.118. The summed E-state index contributed by atoms with van der Waals surface area (Å²) in [5, 5.41) is 9.07. The molecule has 0 radical (unpaired) electrons. The smallest absolute Gasteiger partial charge is 0.335 e. The number of carbonyl (C=O) groups is 2. The number of anilines is 2. The van der Waals surface area contributed by atoms with E-state index in [9.17, 15) is 9.59 Å². The van der Waals surface area contributed by atoms with Crippen LogP contribution in [0.1, 0.15) is 16.8 Å². The predicted octanol–water partition coefficient (Wildman–Crippen LogP) is 0.516. The zero-order chi connectivity index (χ0) is 14.0. The molecule has 0 aromatic heterocycles. The van der Waals surface area contributed by atoms with Crippen molar-refractivity contribution in [3.05, 3.63) is 23.8 Å². The number of amides is 1. The second kappa shape index (κ2) is 5.27. The molecule has 3 N–H and O–H groups in total. The van der Waals surface area contributed by atoms with Crippen molar-refractivity contribution in [3.8, 4) is 0 Å². The fourth-order valence-electron chi connectivity index (χ4n) is 2.23. The van der Waals surface area contributed by atoms with Crippen LogP contribution in [0.15, 0.2) is 18.2 Å². The number of nitrogens with zero attached hydrogens (tertiary/aromatic N) is 2. The summed E-state index contributed by atoms with van der Waals surface area (Å²) >= 11 is 0. The maximum absolute atomic E-state index is 11.9. The maximum Gasteiger partial charge on any atom is 0.335 e. The standard InChI is InChI=1S/C13H17N3O3/c1-15-10-3-2-9(13(18)19)8-11(10)16(7-5-14)6-4-12(15)17/h2-3,8H,4-7,14H2,1H3,(H,18,19). The zero-order valence-electron chi connectivity index (χ0n) is 10.8. The number of hydrogen-bond acceptors (Lipinski definition) is 4. The Labute approximate surface area is 111 Å². The zero-order valence-corrected chi connectivity index (χ0v) is 10.8. The molecule has 1 aliphatic heterocycles. The van der Waals surface area contributed by atoms with Crippen molar-refractivity contribution >= 4 is 23.3 Å². The first-order valence-electron chi connectivity index (χ1n) is 6.13. The Balaban J connectivity index is 2.51. The van der Waals surface area contributed by atoms with Crippen LogP contribution in [-0.4, -0.2) is 43.7 Å². The van der Waals surface area contributed by atoms with Gasteiger partial charge in [0.15, 0.2) is 0 Å². The lowest BCUT2D eigenvalue weighted by atomic mass is 10.1. The summed E-state index contributed by atoms with van der Waals surface area (Å²) in [4.78, 5) is 26.5. The van der Waals surface area contributed by atoms with Gasteiger partial charge in [-0.1, -0.05) is 0 Å². The normalized spacial score (nSPS) is 15.2. The quantitative estimate of drug-likeness (QED) is 0.830. The fourth-order valence-corrected chi connectivity index (χ4v) is 2.23. The molecular weight excluding hydrogens is 246 g/mol. The highest BCUT2D eigenvalue weighted by atomic mass is 16.4. The summed E-state index contributed by atoms with van der Waals surface area (Å²) in [6.07, 6.45) is 0.396. The molecule has 1 aromatic carbocycles. The molecule has 102 valence electrons.